The zero-order valence-corrected chi connectivity index (χ0v) is 20.2. The van der Waals surface area contributed by atoms with Crippen LogP contribution in [-0.2, 0) is 11.3 Å². The van der Waals surface area contributed by atoms with Crippen LogP contribution in [0, 0.1) is 0 Å². The fraction of sp³-hybridized carbons (Fsp3) is 0.125. The summed E-state index contributed by atoms with van der Waals surface area (Å²) in [5.41, 5.74) is 8.09. The zero-order valence-electron chi connectivity index (χ0n) is 20.2. The fourth-order valence-electron chi connectivity index (χ4n) is 5.69. The zero-order chi connectivity index (χ0) is 24.6. The molecule has 4 heteroatoms. The number of hydrogen-bond donors (Lipinski definition) is 4. The summed E-state index contributed by atoms with van der Waals surface area (Å²) in [6.45, 7) is 8.18. The lowest BCUT2D eigenvalue weighted by molar-refractivity contribution is 0.584. The molecule has 0 unspecified atom stereocenters. The molecule has 0 saturated carbocycles. The predicted octanol–water partition coefficient (Wildman–Crippen LogP) is 7.89. The Morgan fingerprint density at radius 1 is 0.472 bits per heavy atom. The lowest BCUT2D eigenvalue weighted by Crippen LogP contribution is -2.40. The van der Waals surface area contributed by atoms with Crippen LogP contribution in [0.4, 0.5) is 22.7 Å². The normalized spacial score (nSPS) is 15.9. The van der Waals surface area contributed by atoms with Gasteiger partial charge in [0, 0.05) is 24.0 Å². The highest BCUT2D eigenvalue weighted by Crippen LogP contribution is 2.48. The Hall–Kier alpha value is -4.44. The van der Waals surface area contributed by atoms with Crippen molar-refractivity contribution in [2.45, 2.75) is 24.2 Å². The van der Waals surface area contributed by atoms with Crippen LogP contribution in [0.1, 0.15) is 24.0 Å². The van der Waals surface area contributed by atoms with Crippen molar-refractivity contribution >= 4 is 22.7 Å². The molecule has 0 bridgehead atoms. The molecule has 0 amide bonds. The molecule has 4 N–H and O–H groups in total. The van der Waals surface area contributed by atoms with Crippen LogP contribution >= 0.6 is 0 Å². The number of hydrogen-bond acceptors (Lipinski definition) is 4. The van der Waals surface area contributed by atoms with E-state index in [1.807, 2.05) is 12.2 Å². The molecule has 0 radical (unpaired) electrons. The third kappa shape index (κ3) is 3.45. The highest BCUT2D eigenvalue weighted by atomic mass is 15.3. The van der Waals surface area contributed by atoms with Gasteiger partial charge in [0.15, 0.2) is 0 Å². The number of rotatable bonds is 7. The summed E-state index contributed by atoms with van der Waals surface area (Å²) in [4.78, 5) is 0. The van der Waals surface area contributed by atoms with E-state index in [2.05, 4.69) is 131 Å². The van der Waals surface area contributed by atoms with Gasteiger partial charge in [0.05, 0.1) is 22.7 Å². The molecule has 2 aliphatic heterocycles. The van der Waals surface area contributed by atoms with Gasteiger partial charge in [-0.2, -0.15) is 0 Å². The summed E-state index contributed by atoms with van der Waals surface area (Å²) in [6.07, 6.45) is 5.40. The largest absolute Gasteiger partial charge is 0.357 e. The smallest absolute Gasteiger partial charge is 0.138 e. The van der Waals surface area contributed by atoms with Gasteiger partial charge in [-0.1, -0.05) is 84.9 Å². The quantitative estimate of drug-likeness (QED) is 0.207. The number of fused-ring (bicyclic) bond motifs is 2. The van der Waals surface area contributed by atoms with Crippen molar-refractivity contribution < 1.29 is 0 Å². The first kappa shape index (κ1) is 22.1. The molecule has 6 rings (SSSR count). The summed E-state index contributed by atoms with van der Waals surface area (Å²) in [6, 6.07) is 34.0. The Morgan fingerprint density at radius 3 is 1.11 bits per heavy atom. The van der Waals surface area contributed by atoms with Gasteiger partial charge in [0.25, 0.3) is 0 Å². The summed E-state index contributed by atoms with van der Waals surface area (Å²) >= 11 is 0. The van der Waals surface area contributed by atoms with Crippen LogP contribution in [-0.4, -0.2) is 0 Å². The summed E-state index contributed by atoms with van der Waals surface area (Å²) in [5.74, 6) is 0. The van der Waals surface area contributed by atoms with Gasteiger partial charge in [0.1, 0.15) is 11.3 Å². The van der Waals surface area contributed by atoms with E-state index in [9.17, 15) is 0 Å². The SMILES string of the molecule is C=CCC1(c2ccccc2-c2ccccc2C2(CC=C)Nc3ccccc3N2)Nc2ccccc2N1. The third-order valence-electron chi connectivity index (χ3n) is 7.21. The van der Waals surface area contributed by atoms with Crippen molar-refractivity contribution in [3.05, 3.63) is 133 Å². The Bertz CT molecular complexity index is 1290. The molecule has 4 aromatic rings. The van der Waals surface area contributed by atoms with Crippen molar-refractivity contribution in [1.29, 1.82) is 0 Å². The molecule has 36 heavy (non-hydrogen) atoms. The third-order valence-corrected chi connectivity index (χ3v) is 7.21. The number of anilines is 4. The summed E-state index contributed by atoms with van der Waals surface area (Å²) in [7, 11) is 0. The van der Waals surface area contributed by atoms with Crippen LogP contribution in [0.5, 0.6) is 0 Å². The first-order chi connectivity index (χ1) is 17.7. The minimum atomic E-state index is -0.500. The Morgan fingerprint density at radius 2 is 0.778 bits per heavy atom. The monoisotopic (exact) mass is 470 g/mol. The van der Waals surface area contributed by atoms with Gasteiger partial charge in [-0.15, -0.1) is 13.2 Å². The topological polar surface area (TPSA) is 48.1 Å². The van der Waals surface area contributed by atoms with Crippen molar-refractivity contribution in [1.82, 2.24) is 0 Å². The molecule has 0 atom stereocenters. The second-order valence-corrected chi connectivity index (χ2v) is 9.48. The summed E-state index contributed by atoms with van der Waals surface area (Å²) in [5, 5.41) is 15.1. The van der Waals surface area contributed by atoms with Crippen molar-refractivity contribution in [2.24, 2.45) is 0 Å². The van der Waals surface area contributed by atoms with Gasteiger partial charge in [0.2, 0.25) is 0 Å². The number of para-hydroxylation sites is 4. The molecule has 2 heterocycles. The second-order valence-electron chi connectivity index (χ2n) is 9.48. The average molecular weight is 471 g/mol. The molecule has 2 aliphatic rings. The van der Waals surface area contributed by atoms with Crippen LogP contribution in [0.25, 0.3) is 11.1 Å². The van der Waals surface area contributed by atoms with Crippen LogP contribution in [0.2, 0.25) is 0 Å². The first-order valence-corrected chi connectivity index (χ1v) is 12.4. The van der Waals surface area contributed by atoms with Gasteiger partial charge < -0.3 is 21.3 Å². The van der Waals surface area contributed by atoms with E-state index >= 15 is 0 Å². The average Bonchev–Trinajstić information content (AvgIpc) is 3.48. The molecular weight excluding hydrogens is 440 g/mol. The molecule has 178 valence electrons. The second kappa shape index (κ2) is 8.65. The molecule has 0 spiro atoms. The maximum atomic E-state index is 4.09. The molecule has 0 aliphatic carbocycles. The van der Waals surface area contributed by atoms with E-state index in [-0.39, 0.29) is 0 Å². The number of benzene rings is 4. The number of nitrogens with one attached hydrogen (secondary N) is 4. The Kier molecular flexibility index (Phi) is 5.30. The minimum absolute atomic E-state index is 0.500. The standard InChI is InChI=1S/C32H30N4/c1-3-21-31(33-27-17-9-10-18-28(27)34-31)25-15-7-5-13-23(25)24-14-6-8-16-26(24)32(22-4-2)35-29-19-11-12-20-30(29)36-32/h3-20,33-36H,1-2,21-22H2. The molecule has 4 nitrogen and oxygen atoms in total. The highest BCUT2D eigenvalue weighted by molar-refractivity contribution is 5.84. The maximum absolute atomic E-state index is 4.09. The molecule has 0 saturated heterocycles. The maximum Gasteiger partial charge on any atom is 0.138 e. The van der Waals surface area contributed by atoms with E-state index in [0.29, 0.717) is 0 Å². The molecule has 0 fully saturated rings. The lowest BCUT2D eigenvalue weighted by atomic mass is 9.83. The minimum Gasteiger partial charge on any atom is -0.357 e. The van der Waals surface area contributed by atoms with Gasteiger partial charge in [-0.25, -0.2) is 0 Å². The first-order valence-electron chi connectivity index (χ1n) is 12.4. The fourth-order valence-corrected chi connectivity index (χ4v) is 5.69. The van der Waals surface area contributed by atoms with Crippen molar-refractivity contribution in [3.63, 3.8) is 0 Å². The summed E-state index contributed by atoms with van der Waals surface area (Å²) < 4.78 is 0. The van der Waals surface area contributed by atoms with E-state index in [1.54, 1.807) is 0 Å². The van der Waals surface area contributed by atoms with Gasteiger partial charge >= 0.3 is 0 Å². The highest BCUT2D eigenvalue weighted by Gasteiger charge is 2.41. The predicted molar refractivity (Wildman–Crippen MR) is 152 cm³/mol. The van der Waals surface area contributed by atoms with Crippen molar-refractivity contribution in [2.75, 3.05) is 21.3 Å². The van der Waals surface area contributed by atoms with Gasteiger partial charge in [-0.05, 0) is 35.4 Å². The lowest BCUT2D eigenvalue weighted by Gasteiger charge is -2.35. The van der Waals surface area contributed by atoms with Crippen LogP contribution in [0.15, 0.2) is 122 Å². The van der Waals surface area contributed by atoms with Crippen LogP contribution < -0.4 is 21.3 Å². The van der Waals surface area contributed by atoms with E-state index in [0.717, 1.165) is 35.6 Å². The van der Waals surface area contributed by atoms with Gasteiger partial charge in [-0.3, -0.25) is 0 Å². The van der Waals surface area contributed by atoms with E-state index < -0.39 is 11.3 Å². The molecule has 4 aromatic carbocycles. The molecular formula is C32H30N4. The molecule has 0 aromatic heterocycles. The van der Waals surface area contributed by atoms with Crippen molar-refractivity contribution in [3.8, 4) is 11.1 Å². The van der Waals surface area contributed by atoms with E-state index in [4.69, 9.17) is 0 Å². The van der Waals surface area contributed by atoms with E-state index in [1.165, 1.54) is 22.3 Å². The Balaban J connectivity index is 1.51. The Labute approximate surface area is 212 Å². The van der Waals surface area contributed by atoms with Crippen LogP contribution in [0.3, 0.4) is 0 Å².